The third kappa shape index (κ3) is 6.18. The molecule has 0 spiro atoms. The second-order valence-corrected chi connectivity index (χ2v) is 18.3. The summed E-state index contributed by atoms with van der Waals surface area (Å²) in [6, 6.07) is 58.6. The molecule has 1 aliphatic heterocycles. The van der Waals surface area contributed by atoms with Gasteiger partial charge in [0.25, 0.3) is 0 Å². The topological polar surface area (TPSA) is 56.3 Å². The Morgan fingerprint density at radius 2 is 1.17 bits per heavy atom. The van der Waals surface area contributed by atoms with Crippen LogP contribution < -0.4 is 14.5 Å². The molecule has 0 unspecified atom stereocenters. The molecule has 0 N–H and O–H groups in total. The third-order valence-electron chi connectivity index (χ3n) is 14.3. The largest absolute Gasteiger partial charge is 0.457 e. The number of ether oxygens (including phenoxy) is 1. The molecule has 8 nitrogen and oxygen atoms in total. The molecule has 0 atom stereocenters. The lowest BCUT2D eigenvalue weighted by molar-refractivity contribution is 0.483. The van der Waals surface area contributed by atoms with Crippen LogP contribution >= 0.6 is 0 Å². The van der Waals surface area contributed by atoms with Crippen LogP contribution in [-0.4, -0.2) is 30.3 Å². The van der Waals surface area contributed by atoms with E-state index in [1.54, 1.807) is 42.7 Å². The average Bonchev–Trinajstić information content (AvgIpc) is 1.97. The Morgan fingerprint density at radius 3 is 1.89 bits per heavy atom. The smallest absolute Gasteiger partial charge is 0.137 e. The first kappa shape index (κ1) is 31.2. The minimum atomic E-state index is -3.01. The first-order valence-electron chi connectivity index (χ1n) is 29.7. The van der Waals surface area contributed by atoms with Crippen LogP contribution in [0.3, 0.4) is 0 Å². The number of fused-ring (bicyclic) bond motifs is 10. The Bertz CT molecular complexity index is 4650. The van der Waals surface area contributed by atoms with Crippen molar-refractivity contribution in [2.24, 2.45) is 14.0 Å². The lowest BCUT2D eigenvalue weighted by atomic mass is 9.78. The average molecular weight is 944 g/mol. The van der Waals surface area contributed by atoms with Gasteiger partial charge in [-0.15, -0.1) is 0 Å². The molecule has 14 rings (SSSR count). The Hall–Kier alpha value is -9.14. The van der Waals surface area contributed by atoms with Gasteiger partial charge in [-0.3, -0.25) is 9.55 Å². The molecule has 0 saturated heterocycles. The van der Waals surface area contributed by atoms with E-state index in [-0.39, 0.29) is 23.6 Å². The second kappa shape index (κ2) is 15.9. The predicted octanol–water partition coefficient (Wildman–Crippen LogP) is 15.9. The molecule has 346 valence electrons. The number of hydrogen-bond acceptors (Lipinski definition) is 5. The van der Waals surface area contributed by atoms with E-state index in [9.17, 15) is 8.22 Å². The predicted molar refractivity (Wildman–Crippen MR) is 297 cm³/mol. The van der Waals surface area contributed by atoms with Crippen LogP contribution in [0.2, 0.25) is 0 Å². The quantitative estimate of drug-likeness (QED) is 0.152. The Balaban J connectivity index is 0.923. The highest BCUT2D eigenvalue weighted by Gasteiger charge is 2.35. The van der Waals surface area contributed by atoms with Crippen LogP contribution in [0.25, 0.3) is 82.4 Å². The maximum absolute atomic E-state index is 9.24. The van der Waals surface area contributed by atoms with Gasteiger partial charge in [0.2, 0.25) is 0 Å². The minimum absolute atomic E-state index is 0.0428. The molecule has 8 aromatic carbocycles. The highest BCUT2D eigenvalue weighted by Crippen LogP contribution is 2.54. The van der Waals surface area contributed by atoms with Gasteiger partial charge < -0.3 is 23.7 Å². The van der Waals surface area contributed by atoms with Crippen LogP contribution in [0.5, 0.6) is 11.5 Å². The number of aryl methyl sites for hydroxylation is 2. The summed E-state index contributed by atoms with van der Waals surface area (Å²) >= 11 is 0. The molecule has 0 fully saturated rings. The summed E-state index contributed by atoms with van der Waals surface area (Å²) < 4.78 is 120. The monoisotopic (exact) mass is 943 g/mol. The fourth-order valence-electron chi connectivity index (χ4n) is 11.1. The molecule has 5 aromatic heterocycles. The maximum Gasteiger partial charge on any atom is 0.137 e. The van der Waals surface area contributed by atoms with E-state index in [0.29, 0.717) is 77.5 Å². The number of nitrogens with zero attached hydrogens (tertiary/aromatic N) is 7. The number of hydrogen-bond donors (Lipinski definition) is 0. The van der Waals surface area contributed by atoms with Gasteiger partial charge in [-0.05, 0) is 83.4 Å². The van der Waals surface area contributed by atoms with Crippen molar-refractivity contribution >= 4 is 88.2 Å². The van der Waals surface area contributed by atoms with Crippen molar-refractivity contribution in [2.45, 2.75) is 19.1 Å². The van der Waals surface area contributed by atoms with Gasteiger partial charge in [-0.1, -0.05) is 129 Å². The van der Waals surface area contributed by atoms with Gasteiger partial charge in [-0.25, -0.2) is 4.98 Å². The highest BCUT2D eigenvalue weighted by atomic mass is 16.5. The number of anilines is 4. The summed E-state index contributed by atoms with van der Waals surface area (Å²) in [5.41, 5.74) is 4.86. The van der Waals surface area contributed by atoms with Crippen LogP contribution in [0, 0.1) is 0 Å². The van der Waals surface area contributed by atoms with Crippen LogP contribution in [-0.2, 0) is 19.4 Å². The van der Waals surface area contributed by atoms with Crippen molar-refractivity contribution in [1.82, 2.24) is 23.7 Å². The van der Waals surface area contributed by atoms with E-state index < -0.39 is 33.1 Å². The molecular formula is C64H49N7O. The zero-order chi connectivity index (χ0) is 58.2. The van der Waals surface area contributed by atoms with Crippen LogP contribution in [0.1, 0.15) is 41.3 Å². The second-order valence-electron chi connectivity index (χ2n) is 18.3. The fraction of sp³-hybridized carbons (Fsp3) is 0.0938. The van der Waals surface area contributed by atoms with E-state index in [2.05, 4.69) is 9.88 Å². The van der Waals surface area contributed by atoms with Crippen molar-refractivity contribution < 1.29 is 21.2 Å². The fourth-order valence-corrected chi connectivity index (χ4v) is 11.1. The molecule has 6 heterocycles. The van der Waals surface area contributed by atoms with Crippen molar-refractivity contribution in [1.29, 1.82) is 0 Å². The Labute approximate surface area is 433 Å². The third-order valence-corrected chi connectivity index (χ3v) is 14.3. The van der Waals surface area contributed by atoms with Crippen LogP contribution in [0.15, 0.2) is 213 Å². The Morgan fingerprint density at radius 1 is 0.514 bits per heavy atom. The molecule has 0 radical (unpaired) electrons. The summed E-state index contributed by atoms with van der Waals surface area (Å²) in [5, 5.41) is 4.40. The number of pyridine rings is 2. The summed E-state index contributed by atoms with van der Waals surface area (Å²) in [4.78, 5) is 13.3. The number of aromatic nitrogens is 5. The van der Waals surface area contributed by atoms with Gasteiger partial charge in [0, 0.05) is 115 Å². The van der Waals surface area contributed by atoms with Gasteiger partial charge in [0.1, 0.15) is 24.0 Å². The van der Waals surface area contributed by atoms with Crippen LogP contribution in [0.4, 0.5) is 22.7 Å². The van der Waals surface area contributed by atoms with E-state index in [0.717, 1.165) is 33.3 Å². The van der Waals surface area contributed by atoms with E-state index in [1.165, 1.54) is 39.6 Å². The van der Waals surface area contributed by atoms with E-state index >= 15 is 0 Å². The Kier molecular flexibility index (Phi) is 6.90. The van der Waals surface area contributed by atoms with Crippen molar-refractivity contribution in [3.8, 4) is 28.4 Å². The summed E-state index contributed by atoms with van der Waals surface area (Å²) in [6.45, 7) is -11.3. The highest BCUT2D eigenvalue weighted by molar-refractivity contribution is 6.33. The van der Waals surface area contributed by atoms with Gasteiger partial charge in [0.05, 0.1) is 45.3 Å². The molecule has 13 aromatic rings. The minimum Gasteiger partial charge on any atom is -0.457 e. The van der Waals surface area contributed by atoms with Crippen molar-refractivity contribution in [2.75, 3.05) is 16.5 Å². The molecule has 0 saturated carbocycles. The molecule has 1 aliphatic rings. The normalized spacial score (nSPS) is 16.1. The molecule has 0 amide bonds. The standard InChI is InChI=1S/C64H49N7O/c1-64(2,42-20-9-6-10-21-42)43-32-35-66-57(36-43)71-55-38-46(30-31-47(55)48-33-34-65-39-56(48)71)72-45-23-17-22-44(37-45)69-40-70(54-29-16-15-28-53(54)69)63-61-59(49-24-11-13-26-51(49)67(61)3)58(41-18-7-5-8-19-41)60-50-25-12-14-27-52(50)68(4)62(60)63/h5-39H,40H2,1-4H3/i1D3,2D3,3D3,4D3. The van der Waals surface area contributed by atoms with Gasteiger partial charge in [0.15, 0.2) is 0 Å². The number of benzene rings is 8. The number of rotatable bonds is 8. The van der Waals surface area contributed by atoms with E-state index in [1.807, 2.05) is 149 Å². The first-order chi connectivity index (χ1) is 40.3. The number of para-hydroxylation sites is 4. The molecule has 0 aliphatic carbocycles. The summed E-state index contributed by atoms with van der Waals surface area (Å²) in [7, 11) is 0. The lowest BCUT2D eigenvalue weighted by Crippen LogP contribution is -2.25. The molecule has 8 heteroatoms. The van der Waals surface area contributed by atoms with E-state index in [4.69, 9.17) is 17.9 Å². The lowest BCUT2D eigenvalue weighted by Gasteiger charge is -2.26. The van der Waals surface area contributed by atoms with Gasteiger partial charge in [-0.2, -0.15) is 0 Å². The SMILES string of the molecule is [2H]C([2H])([2H])n1c2ccccc2c2c(-c3ccccc3)c3c4ccccc4n(C([2H])([2H])[2H])c3c(N3CN(c4cccc(Oc5ccc6c7ccncc7n(-c7cc(C(c8ccccc8)(C([2H])([2H])[2H])C([2H])([2H])[2H])ccn7)c6c5)c4)c4ccccc43)c21. The summed E-state index contributed by atoms with van der Waals surface area (Å²) in [5.74, 6) is 1.18. The molecule has 0 bridgehead atoms. The molecular weight excluding hydrogens is 883 g/mol. The molecule has 72 heavy (non-hydrogen) atoms. The maximum atomic E-state index is 9.24. The van der Waals surface area contributed by atoms with Crippen molar-refractivity contribution in [3.63, 3.8) is 0 Å². The van der Waals surface area contributed by atoms with Gasteiger partial charge >= 0.3 is 0 Å². The zero-order valence-corrected chi connectivity index (χ0v) is 38.5. The summed E-state index contributed by atoms with van der Waals surface area (Å²) in [6.07, 6.45) is 4.79. The first-order valence-corrected chi connectivity index (χ1v) is 23.7. The van der Waals surface area contributed by atoms with Crippen molar-refractivity contribution in [3.05, 3.63) is 224 Å². The zero-order valence-electron chi connectivity index (χ0n) is 50.5.